The highest BCUT2D eigenvalue weighted by atomic mass is 35.5. The summed E-state index contributed by atoms with van der Waals surface area (Å²) < 4.78 is 0. The Morgan fingerprint density at radius 1 is 1.42 bits per heavy atom. The van der Waals surface area contributed by atoms with Crippen LogP contribution in [-0.2, 0) is 6.42 Å². The number of imidazole rings is 1. The molecule has 2 rings (SSSR count). The molecule has 0 aliphatic heterocycles. The predicted molar refractivity (Wildman–Crippen MR) is 75.5 cm³/mol. The van der Waals surface area contributed by atoms with Gasteiger partial charge in [0.2, 0.25) is 0 Å². The van der Waals surface area contributed by atoms with Gasteiger partial charge in [0.15, 0.2) is 0 Å². The van der Waals surface area contributed by atoms with Crippen molar-refractivity contribution >= 4 is 34.8 Å². The largest absolute Gasteiger partial charge is 0.399 e. The molecule has 2 aromatic rings. The van der Waals surface area contributed by atoms with E-state index >= 15 is 0 Å². The number of aromatic amines is 1. The van der Waals surface area contributed by atoms with Crippen molar-refractivity contribution in [2.75, 3.05) is 12.3 Å². The number of anilines is 1. The average molecular weight is 299 g/mol. The Bertz CT molecular complexity index is 584. The van der Waals surface area contributed by atoms with E-state index in [1.807, 2.05) is 0 Å². The summed E-state index contributed by atoms with van der Waals surface area (Å²) >= 11 is 11.8. The van der Waals surface area contributed by atoms with Crippen molar-refractivity contribution in [1.29, 1.82) is 0 Å². The molecule has 0 unspecified atom stereocenters. The van der Waals surface area contributed by atoms with Gasteiger partial charge in [0, 0.05) is 31.0 Å². The molecule has 0 saturated carbocycles. The normalized spacial score (nSPS) is 10.4. The van der Waals surface area contributed by atoms with Crippen molar-refractivity contribution in [2.45, 2.75) is 6.42 Å². The molecular weight excluding hydrogens is 287 g/mol. The first-order chi connectivity index (χ1) is 9.08. The molecule has 7 heteroatoms. The van der Waals surface area contributed by atoms with Crippen LogP contribution in [0.4, 0.5) is 5.69 Å². The summed E-state index contributed by atoms with van der Waals surface area (Å²) in [4.78, 5) is 19.0. The van der Waals surface area contributed by atoms with E-state index in [1.165, 1.54) is 12.1 Å². The number of nitrogens with one attached hydrogen (secondary N) is 2. The first-order valence-corrected chi connectivity index (χ1v) is 6.34. The highest BCUT2D eigenvalue weighted by Gasteiger charge is 2.13. The van der Waals surface area contributed by atoms with Gasteiger partial charge in [-0.3, -0.25) is 4.79 Å². The Morgan fingerprint density at radius 3 is 2.89 bits per heavy atom. The minimum atomic E-state index is -0.314. The molecule has 0 radical (unpaired) electrons. The topological polar surface area (TPSA) is 83.8 Å². The van der Waals surface area contributed by atoms with Gasteiger partial charge in [-0.1, -0.05) is 23.2 Å². The van der Waals surface area contributed by atoms with Gasteiger partial charge in [-0.05, 0) is 12.1 Å². The standard InChI is InChI=1S/C12H12Cl2N4O/c13-9-6-7(15)5-8(11(9)14)12(19)18-2-1-10-16-3-4-17-10/h3-6H,1-2,15H2,(H,16,17)(H,18,19). The molecule has 100 valence electrons. The van der Waals surface area contributed by atoms with Crippen molar-refractivity contribution in [3.05, 3.63) is 46.0 Å². The number of carbonyl (C=O) groups excluding carboxylic acids is 1. The number of nitrogens with zero attached hydrogens (tertiary/aromatic N) is 1. The maximum Gasteiger partial charge on any atom is 0.252 e. The van der Waals surface area contributed by atoms with Gasteiger partial charge in [0.25, 0.3) is 5.91 Å². The molecule has 0 spiro atoms. The van der Waals surface area contributed by atoms with Crippen LogP contribution in [-0.4, -0.2) is 22.4 Å². The second kappa shape index (κ2) is 5.95. The lowest BCUT2D eigenvalue weighted by Crippen LogP contribution is -2.26. The number of halogens is 2. The number of nitrogens with two attached hydrogens (primary N) is 1. The third-order valence-corrected chi connectivity index (χ3v) is 3.30. The van der Waals surface area contributed by atoms with Crippen molar-refractivity contribution < 1.29 is 4.79 Å². The zero-order valence-corrected chi connectivity index (χ0v) is 11.4. The Labute approximate surface area is 120 Å². The lowest BCUT2D eigenvalue weighted by Gasteiger charge is -2.08. The van der Waals surface area contributed by atoms with Crippen LogP contribution in [0.1, 0.15) is 16.2 Å². The monoisotopic (exact) mass is 298 g/mol. The van der Waals surface area contributed by atoms with Gasteiger partial charge in [-0.15, -0.1) is 0 Å². The summed E-state index contributed by atoms with van der Waals surface area (Å²) in [5, 5.41) is 3.20. The second-order valence-corrected chi connectivity index (χ2v) is 4.69. The fraction of sp³-hybridized carbons (Fsp3) is 0.167. The molecule has 1 aromatic heterocycles. The number of rotatable bonds is 4. The highest BCUT2D eigenvalue weighted by molar-refractivity contribution is 6.44. The second-order valence-electron chi connectivity index (χ2n) is 3.91. The van der Waals surface area contributed by atoms with Gasteiger partial charge in [-0.25, -0.2) is 4.98 Å². The third-order valence-electron chi connectivity index (χ3n) is 2.50. The molecule has 0 aliphatic carbocycles. The van der Waals surface area contributed by atoms with Gasteiger partial charge in [0.1, 0.15) is 5.82 Å². The summed E-state index contributed by atoms with van der Waals surface area (Å²) in [7, 11) is 0. The van der Waals surface area contributed by atoms with Gasteiger partial charge < -0.3 is 16.0 Å². The Hall–Kier alpha value is -1.72. The quantitative estimate of drug-likeness (QED) is 0.757. The van der Waals surface area contributed by atoms with Crippen LogP contribution in [0, 0.1) is 0 Å². The van der Waals surface area contributed by atoms with Crippen LogP contribution >= 0.6 is 23.2 Å². The van der Waals surface area contributed by atoms with Crippen LogP contribution in [0.2, 0.25) is 10.0 Å². The number of hydrogen-bond donors (Lipinski definition) is 3. The molecule has 4 N–H and O–H groups in total. The van der Waals surface area contributed by atoms with Crippen LogP contribution in [0.15, 0.2) is 24.5 Å². The van der Waals surface area contributed by atoms with E-state index in [-0.39, 0.29) is 21.5 Å². The minimum absolute atomic E-state index is 0.200. The number of benzene rings is 1. The zero-order chi connectivity index (χ0) is 13.8. The molecule has 1 heterocycles. The summed E-state index contributed by atoms with van der Waals surface area (Å²) in [6.07, 6.45) is 3.99. The van der Waals surface area contributed by atoms with Crippen molar-refractivity contribution in [3.63, 3.8) is 0 Å². The fourth-order valence-corrected chi connectivity index (χ4v) is 2.02. The van der Waals surface area contributed by atoms with Crippen molar-refractivity contribution in [1.82, 2.24) is 15.3 Å². The number of aromatic nitrogens is 2. The molecular formula is C12H12Cl2N4O. The van der Waals surface area contributed by atoms with E-state index in [4.69, 9.17) is 28.9 Å². The minimum Gasteiger partial charge on any atom is -0.399 e. The number of carbonyl (C=O) groups is 1. The summed E-state index contributed by atoms with van der Waals surface area (Å²) in [5.74, 6) is 0.489. The van der Waals surface area contributed by atoms with Crippen LogP contribution in [0.25, 0.3) is 0 Å². The fourth-order valence-electron chi connectivity index (χ4n) is 1.60. The van der Waals surface area contributed by atoms with Crippen LogP contribution in [0.5, 0.6) is 0 Å². The lowest BCUT2D eigenvalue weighted by molar-refractivity contribution is 0.0954. The zero-order valence-electron chi connectivity index (χ0n) is 9.91. The highest BCUT2D eigenvalue weighted by Crippen LogP contribution is 2.28. The molecule has 0 bridgehead atoms. The molecule has 0 aliphatic rings. The van der Waals surface area contributed by atoms with Gasteiger partial charge in [0.05, 0.1) is 15.6 Å². The number of hydrogen-bond acceptors (Lipinski definition) is 3. The van der Waals surface area contributed by atoms with Crippen LogP contribution in [0.3, 0.4) is 0 Å². The Kier molecular flexibility index (Phi) is 4.29. The molecule has 19 heavy (non-hydrogen) atoms. The molecule has 0 fully saturated rings. The van der Waals surface area contributed by atoms with Gasteiger partial charge in [-0.2, -0.15) is 0 Å². The lowest BCUT2D eigenvalue weighted by atomic mass is 10.2. The van der Waals surface area contributed by atoms with Crippen molar-refractivity contribution in [2.24, 2.45) is 0 Å². The van der Waals surface area contributed by atoms with E-state index in [0.717, 1.165) is 5.82 Å². The maximum absolute atomic E-state index is 12.0. The Balaban J connectivity index is 2.00. The maximum atomic E-state index is 12.0. The van der Waals surface area contributed by atoms with Crippen molar-refractivity contribution in [3.8, 4) is 0 Å². The first-order valence-electron chi connectivity index (χ1n) is 5.59. The van der Waals surface area contributed by atoms with Crippen LogP contribution < -0.4 is 11.1 Å². The molecule has 1 aromatic carbocycles. The number of nitrogen functional groups attached to an aromatic ring is 1. The molecule has 0 atom stereocenters. The summed E-state index contributed by atoms with van der Waals surface area (Å²) in [6, 6.07) is 3.00. The van der Waals surface area contributed by atoms with E-state index in [9.17, 15) is 4.79 Å². The molecule has 5 nitrogen and oxygen atoms in total. The van der Waals surface area contributed by atoms with E-state index in [1.54, 1.807) is 12.4 Å². The first kappa shape index (κ1) is 13.7. The smallest absolute Gasteiger partial charge is 0.252 e. The summed E-state index contributed by atoms with van der Waals surface area (Å²) in [5.41, 5.74) is 6.30. The SMILES string of the molecule is Nc1cc(Cl)c(Cl)c(C(=O)NCCc2ncc[nH]2)c1. The number of amides is 1. The van der Waals surface area contributed by atoms with Gasteiger partial charge >= 0.3 is 0 Å². The molecule has 0 saturated heterocycles. The molecule has 1 amide bonds. The Morgan fingerprint density at radius 2 is 2.21 bits per heavy atom. The average Bonchev–Trinajstić information content (AvgIpc) is 2.86. The van der Waals surface area contributed by atoms with E-state index in [2.05, 4.69) is 15.3 Å². The predicted octanol–water partition coefficient (Wildman–Crippen LogP) is 2.27. The van der Waals surface area contributed by atoms with E-state index in [0.29, 0.717) is 18.7 Å². The summed E-state index contributed by atoms with van der Waals surface area (Å²) in [6.45, 7) is 0.440. The third kappa shape index (κ3) is 3.39. The number of H-pyrrole nitrogens is 1. The van der Waals surface area contributed by atoms with E-state index < -0.39 is 0 Å².